The zero-order valence-corrected chi connectivity index (χ0v) is 11.6. The van der Waals surface area contributed by atoms with E-state index >= 15 is 0 Å². The maximum absolute atomic E-state index is 6.44. The van der Waals surface area contributed by atoms with Crippen LogP contribution < -0.4 is 10.5 Å². The highest BCUT2D eigenvalue weighted by Gasteiger charge is 2.28. The third-order valence-electron chi connectivity index (χ3n) is 4.09. The Balaban J connectivity index is 2.06. The summed E-state index contributed by atoms with van der Waals surface area (Å²) in [5.41, 5.74) is 6.44. The standard InChI is InChI=1S/C14H23NOS/c1-3-10-5-4-6-11(9-10)13(15)14-12(16-2)7-8-17-14/h7-8,10-11,13H,3-6,9,15H2,1-2H3. The second kappa shape index (κ2) is 5.87. The second-order valence-electron chi connectivity index (χ2n) is 5.08. The summed E-state index contributed by atoms with van der Waals surface area (Å²) in [4.78, 5) is 1.23. The van der Waals surface area contributed by atoms with E-state index in [4.69, 9.17) is 10.5 Å². The van der Waals surface area contributed by atoms with Gasteiger partial charge >= 0.3 is 0 Å². The molecule has 0 radical (unpaired) electrons. The van der Waals surface area contributed by atoms with Crippen LogP contribution in [-0.4, -0.2) is 7.11 Å². The number of hydrogen-bond acceptors (Lipinski definition) is 3. The summed E-state index contributed by atoms with van der Waals surface area (Å²) in [5, 5.41) is 2.08. The van der Waals surface area contributed by atoms with Crippen molar-refractivity contribution >= 4 is 11.3 Å². The van der Waals surface area contributed by atoms with Gasteiger partial charge in [-0.05, 0) is 36.1 Å². The van der Waals surface area contributed by atoms with Gasteiger partial charge in [0.05, 0.1) is 12.0 Å². The van der Waals surface area contributed by atoms with Gasteiger partial charge in [0.1, 0.15) is 5.75 Å². The number of hydrogen-bond donors (Lipinski definition) is 1. The largest absolute Gasteiger partial charge is 0.496 e. The molecule has 0 amide bonds. The summed E-state index contributed by atoms with van der Waals surface area (Å²) in [7, 11) is 1.73. The summed E-state index contributed by atoms with van der Waals surface area (Å²) in [6, 6.07) is 2.19. The fourth-order valence-electron chi connectivity index (χ4n) is 2.96. The first-order chi connectivity index (χ1) is 8.26. The highest BCUT2D eigenvalue weighted by atomic mass is 32.1. The summed E-state index contributed by atoms with van der Waals surface area (Å²) in [6.07, 6.45) is 6.59. The molecule has 2 N–H and O–H groups in total. The van der Waals surface area contributed by atoms with Crippen LogP contribution in [0.15, 0.2) is 11.4 Å². The first kappa shape index (κ1) is 12.9. The number of nitrogens with two attached hydrogens (primary N) is 1. The zero-order chi connectivity index (χ0) is 12.3. The van der Waals surface area contributed by atoms with Gasteiger partial charge in [-0.15, -0.1) is 11.3 Å². The van der Waals surface area contributed by atoms with Crippen LogP contribution in [0, 0.1) is 11.8 Å². The smallest absolute Gasteiger partial charge is 0.134 e. The second-order valence-corrected chi connectivity index (χ2v) is 6.03. The van der Waals surface area contributed by atoms with E-state index in [2.05, 4.69) is 12.3 Å². The number of thiophene rings is 1. The van der Waals surface area contributed by atoms with Gasteiger partial charge in [-0.3, -0.25) is 0 Å². The molecule has 1 aromatic rings. The molecule has 1 fully saturated rings. The number of ether oxygens (including phenoxy) is 1. The van der Waals surface area contributed by atoms with Gasteiger partial charge in [0.15, 0.2) is 0 Å². The topological polar surface area (TPSA) is 35.2 Å². The van der Waals surface area contributed by atoms with E-state index in [1.807, 2.05) is 6.07 Å². The first-order valence-corrected chi connectivity index (χ1v) is 7.51. The average Bonchev–Trinajstić information content (AvgIpc) is 2.86. The predicted octanol–water partition coefficient (Wildman–Crippen LogP) is 3.97. The van der Waals surface area contributed by atoms with Crippen molar-refractivity contribution in [1.82, 2.24) is 0 Å². The summed E-state index contributed by atoms with van der Waals surface area (Å²) >= 11 is 1.73. The first-order valence-electron chi connectivity index (χ1n) is 6.63. The Labute approximate surface area is 108 Å². The van der Waals surface area contributed by atoms with E-state index in [-0.39, 0.29) is 6.04 Å². The highest BCUT2D eigenvalue weighted by molar-refractivity contribution is 7.10. The van der Waals surface area contributed by atoms with Crippen LogP contribution in [0.1, 0.15) is 49.9 Å². The minimum atomic E-state index is 0.166. The van der Waals surface area contributed by atoms with Gasteiger partial charge in [-0.25, -0.2) is 0 Å². The van der Waals surface area contributed by atoms with Crippen molar-refractivity contribution < 1.29 is 4.74 Å². The van der Waals surface area contributed by atoms with Crippen LogP contribution in [0.3, 0.4) is 0 Å². The van der Waals surface area contributed by atoms with Gasteiger partial charge in [0.2, 0.25) is 0 Å². The van der Waals surface area contributed by atoms with E-state index in [0.29, 0.717) is 5.92 Å². The molecule has 0 aromatic carbocycles. The van der Waals surface area contributed by atoms with Gasteiger partial charge in [0, 0.05) is 6.04 Å². The average molecular weight is 253 g/mol. The van der Waals surface area contributed by atoms with E-state index in [9.17, 15) is 0 Å². The van der Waals surface area contributed by atoms with Gasteiger partial charge in [-0.1, -0.05) is 26.2 Å². The van der Waals surface area contributed by atoms with Gasteiger partial charge < -0.3 is 10.5 Å². The van der Waals surface area contributed by atoms with Crippen molar-refractivity contribution in [3.8, 4) is 5.75 Å². The van der Waals surface area contributed by atoms with E-state index < -0.39 is 0 Å². The quantitative estimate of drug-likeness (QED) is 0.881. The predicted molar refractivity (Wildman–Crippen MR) is 73.5 cm³/mol. The molecule has 0 saturated heterocycles. The molecule has 3 heteroatoms. The maximum Gasteiger partial charge on any atom is 0.134 e. The monoisotopic (exact) mass is 253 g/mol. The minimum absolute atomic E-state index is 0.166. The molecule has 1 aliphatic carbocycles. The Morgan fingerprint density at radius 1 is 1.53 bits per heavy atom. The SMILES string of the molecule is CCC1CCCC(C(N)c2sccc2OC)C1. The molecule has 1 heterocycles. The zero-order valence-electron chi connectivity index (χ0n) is 10.8. The third kappa shape index (κ3) is 2.83. The Hall–Kier alpha value is -0.540. The van der Waals surface area contributed by atoms with Crippen LogP contribution in [0.5, 0.6) is 5.75 Å². The highest BCUT2D eigenvalue weighted by Crippen LogP contribution is 2.41. The molecule has 17 heavy (non-hydrogen) atoms. The molecule has 96 valence electrons. The van der Waals surface area contributed by atoms with Crippen molar-refractivity contribution in [3.05, 3.63) is 16.3 Å². The lowest BCUT2D eigenvalue weighted by Gasteiger charge is -2.32. The lowest BCUT2D eigenvalue weighted by atomic mass is 9.76. The molecule has 0 bridgehead atoms. The summed E-state index contributed by atoms with van der Waals surface area (Å²) in [5.74, 6) is 2.49. The normalized spacial score (nSPS) is 26.8. The molecule has 0 spiro atoms. The molecule has 3 atom stereocenters. The van der Waals surface area contributed by atoms with Crippen LogP contribution in [0.2, 0.25) is 0 Å². The lowest BCUT2D eigenvalue weighted by Crippen LogP contribution is -2.26. The van der Waals surface area contributed by atoms with Gasteiger partial charge in [-0.2, -0.15) is 0 Å². The molecule has 3 unspecified atom stereocenters. The summed E-state index contributed by atoms with van der Waals surface area (Å²) < 4.78 is 5.38. The molecular formula is C14H23NOS. The molecule has 2 rings (SSSR count). The molecule has 0 aliphatic heterocycles. The van der Waals surface area contributed by atoms with E-state index in [0.717, 1.165) is 11.7 Å². The Bertz CT molecular complexity index is 350. The van der Waals surface area contributed by atoms with Crippen molar-refractivity contribution in [2.45, 2.75) is 45.1 Å². The fourth-order valence-corrected chi connectivity index (χ4v) is 3.92. The Kier molecular flexibility index (Phi) is 4.46. The van der Waals surface area contributed by atoms with E-state index in [1.54, 1.807) is 18.4 Å². The summed E-state index contributed by atoms with van der Waals surface area (Å²) in [6.45, 7) is 2.30. The number of rotatable bonds is 4. The molecule has 1 saturated carbocycles. The van der Waals surface area contributed by atoms with Crippen molar-refractivity contribution in [2.75, 3.05) is 7.11 Å². The minimum Gasteiger partial charge on any atom is -0.496 e. The molecular weight excluding hydrogens is 230 g/mol. The van der Waals surface area contributed by atoms with Crippen LogP contribution >= 0.6 is 11.3 Å². The Morgan fingerprint density at radius 2 is 2.35 bits per heavy atom. The molecule has 2 nitrogen and oxygen atoms in total. The number of methoxy groups -OCH3 is 1. The Morgan fingerprint density at radius 3 is 3.06 bits per heavy atom. The lowest BCUT2D eigenvalue weighted by molar-refractivity contribution is 0.230. The molecule has 1 aliphatic rings. The van der Waals surface area contributed by atoms with E-state index in [1.165, 1.54) is 37.0 Å². The van der Waals surface area contributed by atoms with Gasteiger partial charge in [0.25, 0.3) is 0 Å². The third-order valence-corrected chi connectivity index (χ3v) is 5.09. The maximum atomic E-state index is 6.44. The van der Waals surface area contributed by atoms with Crippen LogP contribution in [-0.2, 0) is 0 Å². The van der Waals surface area contributed by atoms with Crippen LogP contribution in [0.4, 0.5) is 0 Å². The van der Waals surface area contributed by atoms with Crippen molar-refractivity contribution in [3.63, 3.8) is 0 Å². The van der Waals surface area contributed by atoms with Crippen LogP contribution in [0.25, 0.3) is 0 Å². The van der Waals surface area contributed by atoms with Crippen molar-refractivity contribution in [2.24, 2.45) is 17.6 Å². The fraction of sp³-hybridized carbons (Fsp3) is 0.714. The molecule has 1 aromatic heterocycles. The van der Waals surface area contributed by atoms with Crippen molar-refractivity contribution in [1.29, 1.82) is 0 Å².